The third-order valence-corrected chi connectivity index (χ3v) is 4.42. The van der Waals surface area contributed by atoms with Crippen LogP contribution < -0.4 is 10.6 Å². The molecule has 0 unspecified atom stereocenters. The first-order valence-corrected chi connectivity index (χ1v) is 9.11. The number of rotatable bonds is 5. The van der Waals surface area contributed by atoms with E-state index in [1.54, 1.807) is 0 Å². The number of carbonyl (C=O) groups excluding carboxylic acids is 2. The van der Waals surface area contributed by atoms with Gasteiger partial charge in [-0.15, -0.1) is 0 Å². The summed E-state index contributed by atoms with van der Waals surface area (Å²) in [6, 6.07) is 7.65. The summed E-state index contributed by atoms with van der Waals surface area (Å²) in [6.45, 7) is 10.9. The molecule has 2 amide bonds. The summed E-state index contributed by atoms with van der Waals surface area (Å²) in [5, 5.41) is 6.05. The molecule has 0 aromatic heterocycles. The monoisotopic (exact) mass is 345 g/mol. The van der Waals surface area contributed by atoms with Crippen LogP contribution in [0.25, 0.3) is 0 Å². The number of hydrogen-bond donors (Lipinski definition) is 2. The van der Waals surface area contributed by atoms with Gasteiger partial charge in [-0.1, -0.05) is 17.7 Å². The Labute approximate surface area is 151 Å². The number of aryl methyl sites for hydroxylation is 1. The minimum Gasteiger partial charge on any atom is -0.352 e. The molecule has 0 aliphatic carbocycles. The second-order valence-corrected chi connectivity index (χ2v) is 8.10. The Morgan fingerprint density at radius 3 is 2.48 bits per heavy atom. The Hall–Kier alpha value is -1.88. The number of hydrogen-bond acceptors (Lipinski definition) is 3. The van der Waals surface area contributed by atoms with Gasteiger partial charge in [0.1, 0.15) is 0 Å². The topological polar surface area (TPSA) is 61.4 Å². The molecule has 138 valence electrons. The van der Waals surface area contributed by atoms with E-state index in [0.717, 1.165) is 37.1 Å². The summed E-state index contributed by atoms with van der Waals surface area (Å²) >= 11 is 0. The number of likely N-dealkylation sites (tertiary alicyclic amines) is 1. The lowest BCUT2D eigenvalue weighted by atomic mass is 9.96. The molecule has 2 rings (SSSR count). The van der Waals surface area contributed by atoms with Crippen molar-refractivity contribution in [3.05, 3.63) is 35.4 Å². The maximum atomic E-state index is 12.2. The predicted molar refractivity (Wildman–Crippen MR) is 101 cm³/mol. The van der Waals surface area contributed by atoms with Crippen molar-refractivity contribution in [1.82, 2.24) is 15.5 Å². The van der Waals surface area contributed by atoms with Gasteiger partial charge in [0.05, 0.1) is 6.54 Å². The van der Waals surface area contributed by atoms with E-state index in [1.807, 2.05) is 52.0 Å². The van der Waals surface area contributed by atoms with E-state index in [-0.39, 0.29) is 17.4 Å². The van der Waals surface area contributed by atoms with Crippen LogP contribution in [0.4, 0.5) is 0 Å². The molecule has 1 aliphatic heterocycles. The van der Waals surface area contributed by atoms with Crippen molar-refractivity contribution in [2.45, 2.75) is 46.1 Å². The zero-order chi connectivity index (χ0) is 18.4. The van der Waals surface area contributed by atoms with E-state index < -0.39 is 0 Å². The van der Waals surface area contributed by atoms with Crippen molar-refractivity contribution in [3.8, 4) is 0 Å². The van der Waals surface area contributed by atoms with Crippen molar-refractivity contribution in [2.75, 3.05) is 26.2 Å². The standard InChI is InChI=1S/C20H31N3O2/c1-15-6-5-7-17(12-15)19(25)21-13-16-8-10-23(11-9-16)14-18(24)22-20(2,3)4/h5-7,12,16H,8-11,13-14H2,1-4H3,(H,21,25)(H,22,24). The van der Waals surface area contributed by atoms with Gasteiger partial charge in [0, 0.05) is 17.6 Å². The number of benzene rings is 1. The Kier molecular flexibility index (Phi) is 6.59. The fourth-order valence-electron chi connectivity index (χ4n) is 3.13. The van der Waals surface area contributed by atoms with E-state index >= 15 is 0 Å². The second-order valence-electron chi connectivity index (χ2n) is 8.10. The fraction of sp³-hybridized carbons (Fsp3) is 0.600. The third kappa shape index (κ3) is 6.86. The molecule has 5 nitrogen and oxygen atoms in total. The molecule has 1 heterocycles. The van der Waals surface area contributed by atoms with Gasteiger partial charge in [0.2, 0.25) is 5.91 Å². The molecule has 1 saturated heterocycles. The molecule has 0 radical (unpaired) electrons. The highest BCUT2D eigenvalue weighted by molar-refractivity contribution is 5.94. The van der Waals surface area contributed by atoms with Gasteiger partial charge in [-0.3, -0.25) is 14.5 Å². The SMILES string of the molecule is Cc1cccc(C(=O)NCC2CCN(CC(=O)NC(C)(C)C)CC2)c1. The summed E-state index contributed by atoms with van der Waals surface area (Å²) in [5.41, 5.74) is 1.63. The number of carbonyl (C=O) groups is 2. The van der Waals surface area contributed by atoms with Crippen LogP contribution in [0.1, 0.15) is 49.5 Å². The van der Waals surface area contributed by atoms with Crippen LogP contribution in [-0.4, -0.2) is 48.4 Å². The van der Waals surface area contributed by atoms with E-state index in [4.69, 9.17) is 0 Å². The minimum absolute atomic E-state index is 0.00400. The average molecular weight is 345 g/mol. The van der Waals surface area contributed by atoms with E-state index in [1.165, 1.54) is 0 Å². The first-order chi connectivity index (χ1) is 11.7. The van der Waals surface area contributed by atoms with E-state index in [0.29, 0.717) is 19.0 Å². The van der Waals surface area contributed by atoms with Crippen LogP contribution in [0.3, 0.4) is 0 Å². The zero-order valence-electron chi connectivity index (χ0n) is 15.9. The van der Waals surface area contributed by atoms with Crippen LogP contribution in [0, 0.1) is 12.8 Å². The third-order valence-electron chi connectivity index (χ3n) is 4.42. The zero-order valence-corrected chi connectivity index (χ0v) is 15.9. The van der Waals surface area contributed by atoms with E-state index in [2.05, 4.69) is 15.5 Å². The smallest absolute Gasteiger partial charge is 0.251 e. The summed E-state index contributed by atoms with van der Waals surface area (Å²) < 4.78 is 0. The molecule has 0 saturated carbocycles. The molecule has 2 N–H and O–H groups in total. The lowest BCUT2D eigenvalue weighted by molar-refractivity contribution is -0.124. The maximum absolute atomic E-state index is 12.2. The molecule has 1 fully saturated rings. The van der Waals surface area contributed by atoms with Crippen molar-refractivity contribution >= 4 is 11.8 Å². The summed E-state index contributed by atoms with van der Waals surface area (Å²) in [6.07, 6.45) is 2.02. The van der Waals surface area contributed by atoms with Crippen LogP contribution in [0.15, 0.2) is 24.3 Å². The molecule has 1 aromatic carbocycles. The highest BCUT2D eigenvalue weighted by Gasteiger charge is 2.22. The summed E-state index contributed by atoms with van der Waals surface area (Å²) in [7, 11) is 0. The van der Waals surface area contributed by atoms with Crippen LogP contribution in [0.5, 0.6) is 0 Å². The number of nitrogens with one attached hydrogen (secondary N) is 2. The number of piperidine rings is 1. The Bertz CT molecular complexity index is 599. The first kappa shape index (κ1) is 19.4. The molecule has 0 atom stereocenters. The molecule has 5 heteroatoms. The molecule has 1 aliphatic rings. The maximum Gasteiger partial charge on any atom is 0.251 e. The van der Waals surface area contributed by atoms with Crippen LogP contribution in [-0.2, 0) is 4.79 Å². The average Bonchev–Trinajstić information content (AvgIpc) is 2.52. The van der Waals surface area contributed by atoms with Crippen molar-refractivity contribution in [1.29, 1.82) is 0 Å². The van der Waals surface area contributed by atoms with Gasteiger partial charge in [0.15, 0.2) is 0 Å². The van der Waals surface area contributed by atoms with Crippen molar-refractivity contribution in [2.24, 2.45) is 5.92 Å². The molecule has 25 heavy (non-hydrogen) atoms. The van der Waals surface area contributed by atoms with Crippen molar-refractivity contribution in [3.63, 3.8) is 0 Å². The quantitative estimate of drug-likeness (QED) is 0.861. The first-order valence-electron chi connectivity index (χ1n) is 9.11. The summed E-state index contributed by atoms with van der Waals surface area (Å²) in [5.74, 6) is 0.560. The normalized spacial score (nSPS) is 16.5. The predicted octanol–water partition coefficient (Wildman–Crippen LogP) is 2.35. The summed E-state index contributed by atoms with van der Waals surface area (Å²) in [4.78, 5) is 26.4. The number of amides is 2. The lowest BCUT2D eigenvalue weighted by Crippen LogP contribution is -2.48. The highest BCUT2D eigenvalue weighted by Crippen LogP contribution is 2.16. The van der Waals surface area contributed by atoms with Gasteiger partial charge in [-0.25, -0.2) is 0 Å². The Balaban J connectivity index is 1.70. The Morgan fingerprint density at radius 1 is 1.20 bits per heavy atom. The van der Waals surface area contributed by atoms with Gasteiger partial charge in [-0.2, -0.15) is 0 Å². The lowest BCUT2D eigenvalue weighted by Gasteiger charge is -2.32. The van der Waals surface area contributed by atoms with Crippen LogP contribution in [0.2, 0.25) is 0 Å². The van der Waals surface area contributed by atoms with Gasteiger partial charge in [-0.05, 0) is 71.7 Å². The largest absolute Gasteiger partial charge is 0.352 e. The fourth-order valence-corrected chi connectivity index (χ4v) is 3.13. The van der Waals surface area contributed by atoms with Gasteiger partial charge >= 0.3 is 0 Å². The van der Waals surface area contributed by atoms with Gasteiger partial charge < -0.3 is 10.6 Å². The molecule has 1 aromatic rings. The van der Waals surface area contributed by atoms with Gasteiger partial charge in [0.25, 0.3) is 5.91 Å². The highest BCUT2D eigenvalue weighted by atomic mass is 16.2. The minimum atomic E-state index is -0.185. The molecule has 0 bridgehead atoms. The van der Waals surface area contributed by atoms with Crippen molar-refractivity contribution < 1.29 is 9.59 Å². The number of nitrogens with zero attached hydrogens (tertiary/aromatic N) is 1. The molecular weight excluding hydrogens is 314 g/mol. The second kappa shape index (κ2) is 8.48. The molecular formula is C20H31N3O2. The van der Waals surface area contributed by atoms with E-state index in [9.17, 15) is 9.59 Å². The molecule has 0 spiro atoms. The Morgan fingerprint density at radius 2 is 1.88 bits per heavy atom. The van der Waals surface area contributed by atoms with Crippen LogP contribution >= 0.6 is 0 Å².